The zero-order valence-electron chi connectivity index (χ0n) is 8.84. The van der Waals surface area contributed by atoms with E-state index in [0.717, 1.165) is 12.5 Å². The molecule has 1 nitrogen and oxygen atoms in total. The van der Waals surface area contributed by atoms with E-state index in [2.05, 4.69) is 26.0 Å². The van der Waals surface area contributed by atoms with E-state index in [4.69, 9.17) is 5.73 Å². The molecule has 13 heavy (non-hydrogen) atoms. The number of nitrogens with two attached hydrogens (primary N) is 1. The molecule has 0 heterocycles. The van der Waals surface area contributed by atoms with E-state index in [-0.39, 0.29) is 0 Å². The Bertz CT molecular complexity index is 229. The van der Waals surface area contributed by atoms with Gasteiger partial charge in [0.1, 0.15) is 0 Å². The van der Waals surface area contributed by atoms with Crippen LogP contribution >= 0.6 is 0 Å². The standard InChI is InChI=1S/C12H21N/c1-11(2)8-12(11,9-13)10-6-4-3-5-7-10/h3-4,10H,5-9,13H2,1-2H3. The van der Waals surface area contributed by atoms with Gasteiger partial charge in [-0.25, -0.2) is 0 Å². The van der Waals surface area contributed by atoms with Gasteiger partial charge in [0, 0.05) is 0 Å². The maximum Gasteiger partial charge on any atom is -0.00124 e. The van der Waals surface area contributed by atoms with Gasteiger partial charge < -0.3 is 5.73 Å². The summed E-state index contributed by atoms with van der Waals surface area (Å²) >= 11 is 0. The molecule has 0 radical (unpaired) electrons. The summed E-state index contributed by atoms with van der Waals surface area (Å²) in [5.74, 6) is 0.859. The van der Waals surface area contributed by atoms with Crippen molar-refractivity contribution in [2.45, 2.75) is 39.5 Å². The summed E-state index contributed by atoms with van der Waals surface area (Å²) in [6.45, 7) is 5.63. The minimum atomic E-state index is 0.484. The van der Waals surface area contributed by atoms with Gasteiger partial charge in [-0.05, 0) is 49.0 Å². The van der Waals surface area contributed by atoms with Crippen LogP contribution in [0.2, 0.25) is 0 Å². The molecule has 2 unspecified atom stereocenters. The van der Waals surface area contributed by atoms with Gasteiger partial charge in [0.25, 0.3) is 0 Å². The number of hydrogen-bond donors (Lipinski definition) is 1. The third-order valence-electron chi connectivity index (χ3n) is 4.40. The molecule has 0 bridgehead atoms. The summed E-state index contributed by atoms with van der Waals surface area (Å²) in [7, 11) is 0. The lowest BCUT2D eigenvalue weighted by Crippen LogP contribution is -2.30. The third-order valence-corrected chi connectivity index (χ3v) is 4.40. The van der Waals surface area contributed by atoms with Crippen LogP contribution in [0.15, 0.2) is 12.2 Å². The van der Waals surface area contributed by atoms with Crippen molar-refractivity contribution in [3.8, 4) is 0 Å². The Balaban J connectivity index is 2.11. The van der Waals surface area contributed by atoms with Gasteiger partial charge in [-0.1, -0.05) is 26.0 Å². The summed E-state index contributed by atoms with van der Waals surface area (Å²) in [4.78, 5) is 0. The van der Waals surface area contributed by atoms with E-state index in [1.807, 2.05) is 0 Å². The quantitative estimate of drug-likeness (QED) is 0.648. The molecule has 0 saturated heterocycles. The fourth-order valence-electron chi connectivity index (χ4n) is 3.25. The van der Waals surface area contributed by atoms with Gasteiger partial charge in [0.2, 0.25) is 0 Å². The molecule has 0 spiro atoms. The van der Waals surface area contributed by atoms with Crippen molar-refractivity contribution in [2.24, 2.45) is 22.5 Å². The van der Waals surface area contributed by atoms with E-state index < -0.39 is 0 Å². The van der Waals surface area contributed by atoms with Crippen molar-refractivity contribution >= 4 is 0 Å². The number of rotatable bonds is 2. The lowest BCUT2D eigenvalue weighted by atomic mass is 9.76. The monoisotopic (exact) mass is 179 g/mol. The lowest BCUT2D eigenvalue weighted by Gasteiger charge is -2.30. The van der Waals surface area contributed by atoms with Gasteiger partial charge in [-0.2, -0.15) is 0 Å². The molecule has 1 fully saturated rings. The molecule has 2 rings (SSSR count). The molecule has 0 aromatic rings. The topological polar surface area (TPSA) is 26.0 Å². The van der Waals surface area contributed by atoms with Gasteiger partial charge in [-0.3, -0.25) is 0 Å². The molecule has 0 aliphatic heterocycles. The molecule has 0 aromatic heterocycles. The van der Waals surface area contributed by atoms with Crippen LogP contribution in [0.25, 0.3) is 0 Å². The number of allylic oxidation sites excluding steroid dienone is 2. The summed E-state index contributed by atoms with van der Waals surface area (Å²) < 4.78 is 0. The smallest absolute Gasteiger partial charge is 0.00124 e. The molecular formula is C12H21N. The van der Waals surface area contributed by atoms with Crippen molar-refractivity contribution in [3.05, 3.63) is 12.2 Å². The highest BCUT2D eigenvalue weighted by atomic mass is 14.8. The van der Waals surface area contributed by atoms with Crippen LogP contribution in [0.1, 0.15) is 39.5 Å². The first-order valence-electron chi connectivity index (χ1n) is 5.47. The molecule has 2 N–H and O–H groups in total. The highest BCUT2D eigenvalue weighted by Gasteiger charge is 2.63. The molecule has 2 atom stereocenters. The summed E-state index contributed by atoms with van der Waals surface area (Å²) in [6.07, 6.45) is 9.89. The summed E-state index contributed by atoms with van der Waals surface area (Å²) in [6, 6.07) is 0. The predicted octanol–water partition coefficient (Wildman–Crippen LogP) is 2.72. The lowest BCUT2D eigenvalue weighted by molar-refractivity contribution is 0.234. The van der Waals surface area contributed by atoms with Crippen molar-refractivity contribution in [1.29, 1.82) is 0 Å². The van der Waals surface area contributed by atoms with E-state index >= 15 is 0 Å². The second kappa shape index (κ2) is 2.84. The normalized spacial score (nSPS) is 41.9. The van der Waals surface area contributed by atoms with Crippen molar-refractivity contribution in [2.75, 3.05) is 6.54 Å². The van der Waals surface area contributed by atoms with Crippen molar-refractivity contribution in [3.63, 3.8) is 0 Å². The highest BCUT2D eigenvalue weighted by Crippen LogP contribution is 2.68. The van der Waals surface area contributed by atoms with Crippen LogP contribution in [-0.2, 0) is 0 Å². The average Bonchev–Trinajstić information content (AvgIpc) is 2.72. The first-order valence-corrected chi connectivity index (χ1v) is 5.47. The van der Waals surface area contributed by atoms with Crippen LogP contribution < -0.4 is 5.73 Å². The second-order valence-electron chi connectivity index (χ2n) is 5.40. The Morgan fingerprint density at radius 2 is 2.08 bits per heavy atom. The Kier molecular flexibility index (Phi) is 2.03. The molecule has 1 saturated carbocycles. The Morgan fingerprint density at radius 1 is 1.38 bits per heavy atom. The second-order valence-corrected chi connectivity index (χ2v) is 5.40. The Morgan fingerprint density at radius 3 is 2.46 bits per heavy atom. The minimum absolute atomic E-state index is 0.484. The van der Waals surface area contributed by atoms with E-state index in [1.54, 1.807) is 0 Å². The minimum Gasteiger partial charge on any atom is -0.330 e. The zero-order chi connectivity index (χ0) is 9.53. The zero-order valence-corrected chi connectivity index (χ0v) is 8.84. The van der Waals surface area contributed by atoms with Gasteiger partial charge in [-0.15, -0.1) is 0 Å². The molecule has 74 valence electrons. The largest absolute Gasteiger partial charge is 0.330 e. The van der Waals surface area contributed by atoms with E-state index in [9.17, 15) is 0 Å². The number of hydrogen-bond acceptors (Lipinski definition) is 1. The fourth-order valence-corrected chi connectivity index (χ4v) is 3.25. The van der Waals surface area contributed by atoms with Crippen LogP contribution in [0, 0.1) is 16.7 Å². The van der Waals surface area contributed by atoms with Crippen LogP contribution in [-0.4, -0.2) is 6.54 Å². The van der Waals surface area contributed by atoms with Crippen LogP contribution in [0.5, 0.6) is 0 Å². The molecule has 2 aliphatic rings. The Hall–Kier alpha value is -0.300. The third kappa shape index (κ3) is 1.25. The van der Waals surface area contributed by atoms with Gasteiger partial charge in [0.15, 0.2) is 0 Å². The maximum atomic E-state index is 5.95. The molecule has 0 aromatic carbocycles. The fraction of sp³-hybridized carbons (Fsp3) is 0.833. The maximum absolute atomic E-state index is 5.95. The molecule has 0 amide bonds. The van der Waals surface area contributed by atoms with Gasteiger partial charge >= 0.3 is 0 Å². The predicted molar refractivity (Wildman–Crippen MR) is 56.4 cm³/mol. The molecule has 1 heteroatoms. The SMILES string of the molecule is CC1(C)CC1(CN)C1CC=CCC1. The van der Waals surface area contributed by atoms with Crippen LogP contribution in [0.4, 0.5) is 0 Å². The molecular weight excluding hydrogens is 158 g/mol. The highest BCUT2D eigenvalue weighted by molar-refractivity contribution is 5.15. The first-order chi connectivity index (χ1) is 6.12. The van der Waals surface area contributed by atoms with Crippen molar-refractivity contribution < 1.29 is 0 Å². The van der Waals surface area contributed by atoms with Gasteiger partial charge in [0.05, 0.1) is 0 Å². The summed E-state index contributed by atoms with van der Waals surface area (Å²) in [5, 5.41) is 0. The Labute approximate surface area is 81.4 Å². The van der Waals surface area contributed by atoms with Crippen molar-refractivity contribution in [1.82, 2.24) is 0 Å². The summed E-state index contributed by atoms with van der Waals surface area (Å²) in [5.41, 5.74) is 6.95. The first kappa shape index (κ1) is 9.26. The van der Waals surface area contributed by atoms with E-state index in [1.165, 1.54) is 25.7 Å². The average molecular weight is 179 g/mol. The van der Waals surface area contributed by atoms with Crippen LogP contribution in [0.3, 0.4) is 0 Å². The van der Waals surface area contributed by atoms with E-state index in [0.29, 0.717) is 10.8 Å². The molecule has 2 aliphatic carbocycles.